The molecule has 4 heterocycles. The van der Waals surface area contributed by atoms with Crippen LogP contribution in [0, 0.1) is 11.6 Å². The molecule has 1 atom stereocenters. The summed E-state index contributed by atoms with van der Waals surface area (Å²) in [6.45, 7) is 1.05. The number of rotatable bonds is 3. The molecule has 0 spiro atoms. The summed E-state index contributed by atoms with van der Waals surface area (Å²) in [5.41, 5.74) is 3.99. The number of halogens is 2. The third kappa shape index (κ3) is 4.42. The summed E-state index contributed by atoms with van der Waals surface area (Å²) in [7, 11) is 0. The molecule has 1 unspecified atom stereocenters. The van der Waals surface area contributed by atoms with Crippen LogP contribution in [0.15, 0.2) is 65.7 Å². The van der Waals surface area contributed by atoms with Gasteiger partial charge in [0.2, 0.25) is 5.91 Å². The van der Waals surface area contributed by atoms with E-state index in [0.717, 1.165) is 28.4 Å². The highest BCUT2D eigenvalue weighted by molar-refractivity contribution is 5.95. The van der Waals surface area contributed by atoms with E-state index in [2.05, 4.69) is 15.0 Å². The zero-order valence-corrected chi connectivity index (χ0v) is 20.7. The van der Waals surface area contributed by atoms with E-state index in [4.69, 9.17) is 0 Å². The molecule has 1 aliphatic heterocycles. The number of pyridine rings is 2. The van der Waals surface area contributed by atoms with Crippen LogP contribution in [-0.2, 0) is 11.2 Å². The molecule has 2 aliphatic rings. The second kappa shape index (κ2) is 9.96. The average Bonchev–Trinajstić information content (AvgIpc) is 3.16. The van der Waals surface area contributed by atoms with Gasteiger partial charge in [-0.3, -0.25) is 19.3 Å². The van der Waals surface area contributed by atoms with Gasteiger partial charge in [0.05, 0.1) is 11.2 Å². The topological polar surface area (TPSA) is 83.9 Å². The van der Waals surface area contributed by atoms with Crippen molar-refractivity contribution < 1.29 is 13.6 Å². The fourth-order valence-corrected chi connectivity index (χ4v) is 5.86. The van der Waals surface area contributed by atoms with Crippen molar-refractivity contribution in [2.45, 2.75) is 44.1 Å². The number of benzene rings is 1. The van der Waals surface area contributed by atoms with E-state index in [1.165, 1.54) is 6.07 Å². The maximum Gasteiger partial charge on any atom is 0.327 e. The van der Waals surface area contributed by atoms with Gasteiger partial charge in [-0.2, -0.15) is 0 Å². The number of aromatic nitrogens is 4. The first-order chi connectivity index (χ1) is 18.5. The summed E-state index contributed by atoms with van der Waals surface area (Å²) in [6.07, 6.45) is 7.94. The van der Waals surface area contributed by atoms with Gasteiger partial charge in [-0.15, -0.1) is 0 Å². The molecule has 194 valence electrons. The summed E-state index contributed by atoms with van der Waals surface area (Å²) in [4.78, 5) is 39.3. The number of H-pyrrole nitrogens is 1. The summed E-state index contributed by atoms with van der Waals surface area (Å²) >= 11 is 0. The van der Waals surface area contributed by atoms with Crippen LogP contribution in [0.1, 0.15) is 54.5 Å². The lowest BCUT2D eigenvalue weighted by Crippen LogP contribution is -2.39. The first-order valence-corrected chi connectivity index (χ1v) is 12.9. The second-order valence-electron chi connectivity index (χ2n) is 9.99. The number of fused-ring (bicyclic) bond motifs is 2. The molecule has 1 N–H and O–H groups in total. The van der Waals surface area contributed by atoms with Gasteiger partial charge in [-0.05, 0) is 79.0 Å². The minimum absolute atomic E-state index is 0.0145. The number of likely N-dealkylation sites (tertiary alicyclic amines) is 1. The average molecular weight is 516 g/mol. The van der Waals surface area contributed by atoms with E-state index in [1.54, 1.807) is 34.0 Å². The Hall–Kier alpha value is -4.14. The highest BCUT2D eigenvalue weighted by atomic mass is 19.2. The van der Waals surface area contributed by atoms with Crippen LogP contribution in [0.3, 0.4) is 0 Å². The number of aromatic amines is 1. The Kier molecular flexibility index (Phi) is 6.35. The molecule has 1 saturated heterocycles. The number of imidazole rings is 1. The fraction of sp³-hybridized carbons (Fsp3) is 0.310. The second-order valence-corrected chi connectivity index (χ2v) is 9.99. The Labute approximate surface area is 217 Å². The third-order valence-electron chi connectivity index (χ3n) is 7.77. The molecule has 3 aromatic heterocycles. The molecule has 4 aromatic rings. The van der Waals surface area contributed by atoms with Crippen LogP contribution in [0.4, 0.5) is 8.78 Å². The number of piperidine rings is 1. The zero-order valence-electron chi connectivity index (χ0n) is 20.7. The van der Waals surface area contributed by atoms with Crippen molar-refractivity contribution in [1.82, 2.24) is 24.4 Å². The van der Waals surface area contributed by atoms with Crippen LogP contribution in [0.25, 0.3) is 16.7 Å². The molecule has 7 nitrogen and oxygen atoms in total. The standard InChI is InChI=1S/C29H27F2N5O2/c30-23-6-1-5-22(26(23)31)18-8-9-20(27-19(16-18)4-2-12-32-27)17-25(37)35-14-10-21(11-15-35)36-24-7-3-13-33-28(24)34-29(36)38/h1-7,12-13,17-18,21H,8-11,14-16H2,(H,33,34,38)/b20-17+. The van der Waals surface area contributed by atoms with E-state index in [1.807, 2.05) is 24.3 Å². The van der Waals surface area contributed by atoms with Gasteiger partial charge in [-0.25, -0.2) is 18.6 Å². The minimum atomic E-state index is -0.848. The number of hydrogen-bond donors (Lipinski definition) is 1. The van der Waals surface area contributed by atoms with Crippen molar-refractivity contribution in [2.75, 3.05) is 13.1 Å². The van der Waals surface area contributed by atoms with Crippen molar-refractivity contribution in [2.24, 2.45) is 0 Å². The lowest BCUT2D eigenvalue weighted by Gasteiger charge is -2.32. The largest absolute Gasteiger partial charge is 0.339 e. The van der Waals surface area contributed by atoms with Gasteiger partial charge >= 0.3 is 5.69 Å². The van der Waals surface area contributed by atoms with E-state index in [-0.39, 0.29) is 23.6 Å². The third-order valence-corrected chi connectivity index (χ3v) is 7.77. The zero-order chi connectivity index (χ0) is 26.2. The van der Waals surface area contributed by atoms with Crippen molar-refractivity contribution >= 4 is 22.6 Å². The normalized spacial score (nSPS) is 19.5. The maximum atomic E-state index is 14.6. The number of nitrogens with one attached hydrogen (secondary N) is 1. The fourth-order valence-electron chi connectivity index (χ4n) is 5.86. The Morgan fingerprint density at radius 2 is 1.79 bits per heavy atom. The predicted octanol–water partition coefficient (Wildman–Crippen LogP) is 4.77. The molecular formula is C29H27F2N5O2. The van der Waals surface area contributed by atoms with Crippen LogP contribution >= 0.6 is 0 Å². The van der Waals surface area contributed by atoms with Crippen LogP contribution < -0.4 is 5.69 Å². The molecule has 0 bridgehead atoms. The molecule has 0 saturated carbocycles. The van der Waals surface area contributed by atoms with Crippen LogP contribution in [0.5, 0.6) is 0 Å². The minimum Gasteiger partial charge on any atom is -0.339 e. The molecule has 1 fully saturated rings. The molecule has 6 rings (SSSR count). The quantitative estimate of drug-likeness (QED) is 0.315. The van der Waals surface area contributed by atoms with E-state index in [0.29, 0.717) is 56.4 Å². The van der Waals surface area contributed by atoms with Crippen LogP contribution in [0.2, 0.25) is 0 Å². The van der Waals surface area contributed by atoms with Gasteiger partial charge in [-0.1, -0.05) is 18.2 Å². The van der Waals surface area contributed by atoms with Crippen molar-refractivity contribution in [1.29, 1.82) is 0 Å². The highest BCUT2D eigenvalue weighted by Crippen LogP contribution is 2.37. The number of carbonyl (C=O) groups is 1. The summed E-state index contributed by atoms with van der Waals surface area (Å²) < 4.78 is 30.3. The smallest absolute Gasteiger partial charge is 0.327 e. The summed E-state index contributed by atoms with van der Waals surface area (Å²) in [5, 5.41) is 0. The molecule has 1 aliphatic carbocycles. The van der Waals surface area contributed by atoms with Crippen molar-refractivity contribution in [3.05, 3.63) is 99.9 Å². The Balaban J connectivity index is 1.21. The molecule has 1 amide bonds. The summed E-state index contributed by atoms with van der Waals surface area (Å²) in [6, 6.07) is 11.7. The van der Waals surface area contributed by atoms with Gasteiger partial charge in [0.25, 0.3) is 0 Å². The SMILES string of the molecule is O=C(/C=C1\CCC(c2cccc(F)c2F)Cc2cccnc21)N1CCC(n2c(=O)[nH]c3ncccc32)CC1. The predicted molar refractivity (Wildman–Crippen MR) is 139 cm³/mol. The molecule has 9 heteroatoms. The van der Waals surface area contributed by atoms with E-state index < -0.39 is 11.6 Å². The monoisotopic (exact) mass is 515 g/mol. The number of amides is 1. The molecule has 0 radical (unpaired) electrons. The summed E-state index contributed by atoms with van der Waals surface area (Å²) in [5.74, 6) is -1.97. The van der Waals surface area contributed by atoms with E-state index in [9.17, 15) is 18.4 Å². The number of allylic oxidation sites excluding steroid dienone is 1. The van der Waals surface area contributed by atoms with E-state index >= 15 is 0 Å². The molecule has 38 heavy (non-hydrogen) atoms. The van der Waals surface area contributed by atoms with Gasteiger partial charge < -0.3 is 4.90 Å². The lowest BCUT2D eigenvalue weighted by atomic mass is 9.90. The molecular weight excluding hydrogens is 488 g/mol. The Morgan fingerprint density at radius 1 is 1.00 bits per heavy atom. The van der Waals surface area contributed by atoms with Crippen molar-refractivity contribution in [3.8, 4) is 0 Å². The van der Waals surface area contributed by atoms with Crippen LogP contribution in [-0.4, -0.2) is 43.4 Å². The first kappa shape index (κ1) is 24.2. The Morgan fingerprint density at radius 3 is 2.63 bits per heavy atom. The Bertz CT molecular complexity index is 1600. The number of nitrogens with zero attached hydrogens (tertiary/aromatic N) is 4. The maximum absolute atomic E-state index is 14.6. The highest BCUT2D eigenvalue weighted by Gasteiger charge is 2.28. The van der Waals surface area contributed by atoms with Gasteiger partial charge in [0, 0.05) is 37.6 Å². The van der Waals surface area contributed by atoms with Gasteiger partial charge in [0.1, 0.15) is 0 Å². The van der Waals surface area contributed by atoms with Gasteiger partial charge in [0.15, 0.2) is 17.3 Å². The van der Waals surface area contributed by atoms with Crippen molar-refractivity contribution in [3.63, 3.8) is 0 Å². The number of hydrogen-bond acceptors (Lipinski definition) is 4. The lowest BCUT2D eigenvalue weighted by molar-refractivity contribution is -0.127. The number of carbonyl (C=O) groups excluding carboxylic acids is 1. The first-order valence-electron chi connectivity index (χ1n) is 12.9. The molecule has 1 aromatic carbocycles.